The van der Waals surface area contributed by atoms with Crippen LogP contribution in [-0.2, 0) is 9.47 Å². The van der Waals surface area contributed by atoms with Gasteiger partial charge in [-0.15, -0.1) is 0 Å². The van der Waals surface area contributed by atoms with Crippen molar-refractivity contribution in [3.8, 4) is 0 Å². The van der Waals surface area contributed by atoms with Crippen molar-refractivity contribution < 1.29 is 10.8 Å². The van der Waals surface area contributed by atoms with E-state index in [4.69, 9.17) is 10.8 Å². The summed E-state index contributed by atoms with van der Waals surface area (Å²) in [5.41, 5.74) is 0. The highest BCUT2D eigenvalue weighted by molar-refractivity contribution is 4.47. The van der Waals surface area contributed by atoms with E-state index in [0.29, 0.717) is 6.79 Å². The van der Waals surface area contributed by atoms with Crippen molar-refractivity contribution in [3.63, 3.8) is 0 Å². The Morgan fingerprint density at radius 2 is 1.50 bits per heavy atom. The minimum absolute atomic E-state index is 0.183. The van der Waals surface area contributed by atoms with Crippen molar-refractivity contribution >= 4 is 0 Å². The maximum absolute atomic E-state index is 7.75. The Balaban J connectivity index is 2.98. The molecule has 0 aromatic rings. The maximum Gasteiger partial charge on any atom is 0.146 e. The van der Waals surface area contributed by atoms with Gasteiger partial charge in [-0.3, -0.25) is 0 Å². The summed E-state index contributed by atoms with van der Waals surface area (Å²) >= 11 is 0. The second-order valence-corrected chi connectivity index (χ2v) is 4.30. The molecule has 0 saturated carbocycles. The lowest BCUT2D eigenvalue weighted by Crippen LogP contribution is -1.98. The van der Waals surface area contributed by atoms with Crippen LogP contribution in [-0.4, -0.2) is 20.5 Å². The lowest BCUT2D eigenvalue weighted by molar-refractivity contribution is -0.0315. The van der Waals surface area contributed by atoms with E-state index in [2.05, 4.69) is 6.92 Å². The number of unbranched alkanes of at least 4 members (excludes halogenated alkanes) is 5. The van der Waals surface area contributed by atoms with Gasteiger partial charge in [-0.25, -0.2) is 0 Å². The lowest BCUT2D eigenvalue weighted by atomic mass is 10.1. The Morgan fingerprint density at radius 3 is 2.12 bits per heavy atom. The van der Waals surface area contributed by atoms with Gasteiger partial charge in [0.1, 0.15) is 6.79 Å². The molecule has 0 fully saturated rings. The Hall–Kier alpha value is -0.0800. The summed E-state index contributed by atoms with van der Waals surface area (Å²) in [7, 11) is 1.65. The highest BCUT2D eigenvalue weighted by Crippen LogP contribution is 2.10. The van der Waals surface area contributed by atoms with Gasteiger partial charge in [-0.1, -0.05) is 64.7 Å². The molecule has 0 aliphatic rings. The van der Waals surface area contributed by atoms with Crippen LogP contribution >= 0.6 is 0 Å². The SMILES string of the molecule is [2H][C@@H](CCC)CCCCCCCCOCOC. The fraction of sp³-hybridized carbons (Fsp3) is 1.00. The van der Waals surface area contributed by atoms with Gasteiger partial charge in [0, 0.05) is 15.1 Å². The van der Waals surface area contributed by atoms with Crippen LogP contribution in [0.4, 0.5) is 0 Å². The number of hydrogen-bond donors (Lipinski definition) is 0. The third-order valence-electron chi connectivity index (χ3n) is 2.64. The number of rotatable bonds is 13. The fourth-order valence-electron chi connectivity index (χ4n) is 1.69. The zero-order chi connectivity index (χ0) is 12.8. The van der Waals surface area contributed by atoms with Crippen LogP contribution in [0, 0.1) is 0 Å². The Morgan fingerprint density at radius 1 is 0.875 bits per heavy atom. The van der Waals surface area contributed by atoms with Crippen molar-refractivity contribution in [3.05, 3.63) is 0 Å². The highest BCUT2D eigenvalue weighted by Gasteiger charge is 1.92. The van der Waals surface area contributed by atoms with Gasteiger partial charge >= 0.3 is 0 Å². The molecule has 0 radical (unpaired) electrons. The first-order valence-corrected chi connectivity index (χ1v) is 6.80. The second-order valence-electron chi connectivity index (χ2n) is 4.30. The Kier molecular flexibility index (Phi) is 13.0. The second kappa shape index (κ2) is 14.9. The first-order chi connectivity index (χ1) is 8.31. The summed E-state index contributed by atoms with van der Waals surface area (Å²) in [6, 6.07) is 0. The molecule has 0 aromatic heterocycles. The largest absolute Gasteiger partial charge is 0.359 e. The van der Waals surface area contributed by atoms with Gasteiger partial charge in [-0.2, -0.15) is 0 Å². The van der Waals surface area contributed by atoms with E-state index < -0.39 is 0 Å². The number of methoxy groups -OCH3 is 1. The van der Waals surface area contributed by atoms with E-state index >= 15 is 0 Å². The van der Waals surface area contributed by atoms with Crippen molar-refractivity contribution in [1.29, 1.82) is 0 Å². The highest BCUT2D eigenvalue weighted by atomic mass is 16.7. The molecular weight excluding hydrogens is 200 g/mol. The summed E-state index contributed by atoms with van der Waals surface area (Å²) < 4.78 is 17.8. The third-order valence-corrected chi connectivity index (χ3v) is 2.64. The topological polar surface area (TPSA) is 18.5 Å². The Bertz CT molecular complexity index is 142. The Labute approximate surface area is 103 Å². The van der Waals surface area contributed by atoms with E-state index in [1.807, 2.05) is 0 Å². The van der Waals surface area contributed by atoms with Crippen molar-refractivity contribution in [2.24, 2.45) is 0 Å². The van der Waals surface area contributed by atoms with Crippen LogP contribution in [0.5, 0.6) is 0 Å². The maximum atomic E-state index is 7.75. The summed E-state index contributed by atoms with van der Waals surface area (Å²) in [6.45, 7) is 3.40. The summed E-state index contributed by atoms with van der Waals surface area (Å²) in [4.78, 5) is 0. The normalized spacial score (nSPS) is 13.8. The molecule has 0 saturated heterocycles. The van der Waals surface area contributed by atoms with Crippen molar-refractivity contribution in [1.82, 2.24) is 0 Å². The molecule has 16 heavy (non-hydrogen) atoms. The molecule has 0 aromatic carbocycles. The van der Waals surface area contributed by atoms with Crippen LogP contribution in [0.1, 0.15) is 72.5 Å². The number of ether oxygens (including phenoxy) is 2. The standard InChI is InChI=1S/C14H30O2/c1-3-4-5-6-7-8-9-10-11-12-13-16-14-15-2/h3-14H2,1-2H3/i5D/t5-/m0/s1. The molecule has 0 spiro atoms. The predicted molar refractivity (Wildman–Crippen MR) is 69.7 cm³/mol. The van der Waals surface area contributed by atoms with Crippen LogP contribution in [0.2, 0.25) is 0 Å². The minimum atomic E-state index is 0.183. The molecule has 0 N–H and O–H groups in total. The molecule has 2 heteroatoms. The molecule has 0 aliphatic carbocycles. The zero-order valence-electron chi connectivity index (χ0n) is 12.2. The monoisotopic (exact) mass is 231 g/mol. The summed E-state index contributed by atoms with van der Waals surface area (Å²) in [5, 5.41) is 0. The van der Waals surface area contributed by atoms with Gasteiger partial charge in [0.15, 0.2) is 0 Å². The van der Waals surface area contributed by atoms with Gasteiger partial charge in [-0.05, 0) is 6.42 Å². The molecule has 0 unspecified atom stereocenters. The first kappa shape index (κ1) is 14.0. The van der Waals surface area contributed by atoms with Crippen LogP contribution < -0.4 is 0 Å². The zero-order valence-corrected chi connectivity index (χ0v) is 11.2. The first-order valence-electron chi connectivity index (χ1n) is 7.38. The van der Waals surface area contributed by atoms with E-state index in [9.17, 15) is 0 Å². The van der Waals surface area contributed by atoms with Gasteiger partial charge < -0.3 is 9.47 Å². The third kappa shape index (κ3) is 13.9. The summed E-state index contributed by atoms with van der Waals surface area (Å²) in [6.07, 6.45) is 11.0. The van der Waals surface area contributed by atoms with Gasteiger partial charge in [0.05, 0.1) is 0 Å². The molecule has 0 heterocycles. The van der Waals surface area contributed by atoms with Gasteiger partial charge in [0.25, 0.3) is 0 Å². The quantitative estimate of drug-likeness (QED) is 0.342. The van der Waals surface area contributed by atoms with E-state index in [-0.39, 0.29) is 6.40 Å². The molecule has 0 rings (SSSR count). The van der Waals surface area contributed by atoms with Crippen LogP contribution in [0.15, 0.2) is 0 Å². The lowest BCUT2D eigenvalue weighted by Gasteiger charge is -2.03. The molecule has 98 valence electrons. The van der Waals surface area contributed by atoms with E-state index in [0.717, 1.165) is 32.3 Å². The van der Waals surface area contributed by atoms with Crippen molar-refractivity contribution in [2.45, 2.75) is 71.1 Å². The minimum Gasteiger partial charge on any atom is -0.359 e. The average Bonchev–Trinajstić information content (AvgIpc) is 2.32. The predicted octanol–water partition coefficient (Wildman–Crippen LogP) is 4.53. The van der Waals surface area contributed by atoms with Crippen LogP contribution in [0.25, 0.3) is 0 Å². The molecule has 0 amide bonds. The van der Waals surface area contributed by atoms with Crippen LogP contribution in [0.3, 0.4) is 0 Å². The smallest absolute Gasteiger partial charge is 0.146 e. The molecule has 2 nitrogen and oxygen atoms in total. The molecule has 0 aliphatic heterocycles. The van der Waals surface area contributed by atoms with Crippen molar-refractivity contribution in [2.75, 3.05) is 20.5 Å². The van der Waals surface area contributed by atoms with E-state index in [1.54, 1.807) is 7.11 Å². The molecule has 0 bridgehead atoms. The fourth-order valence-corrected chi connectivity index (χ4v) is 1.69. The van der Waals surface area contributed by atoms with E-state index in [1.165, 1.54) is 32.1 Å². The molecule has 1 atom stereocenters. The summed E-state index contributed by atoms with van der Waals surface area (Å²) in [5.74, 6) is 0. The van der Waals surface area contributed by atoms with Gasteiger partial charge in [0.2, 0.25) is 0 Å². The number of hydrogen-bond acceptors (Lipinski definition) is 2. The average molecular weight is 231 g/mol. The molecular formula is C14H30O2.